The summed E-state index contributed by atoms with van der Waals surface area (Å²) in [6.07, 6.45) is 2.50. The quantitative estimate of drug-likeness (QED) is 0.630. The van der Waals surface area contributed by atoms with Gasteiger partial charge < -0.3 is 24.8 Å². The first-order valence-corrected chi connectivity index (χ1v) is 10.3. The Morgan fingerprint density at radius 2 is 1.43 bits per heavy atom. The van der Waals surface area contributed by atoms with Gasteiger partial charge in [0.2, 0.25) is 0 Å². The van der Waals surface area contributed by atoms with E-state index >= 15 is 0 Å². The van der Waals surface area contributed by atoms with Crippen LogP contribution in [0, 0.1) is 0 Å². The maximum atomic E-state index is 2.50. The fourth-order valence-corrected chi connectivity index (χ4v) is 8.45. The van der Waals surface area contributed by atoms with Gasteiger partial charge in [-0.3, -0.25) is 0 Å². The van der Waals surface area contributed by atoms with Crippen LogP contribution in [0.15, 0.2) is 49.8 Å². The molecule has 2 aliphatic carbocycles. The largest absolute Gasteiger partial charge is 1.00 e. The summed E-state index contributed by atoms with van der Waals surface area (Å²) in [5.74, 6) is 0.631. The molecule has 0 amide bonds. The molecule has 0 saturated heterocycles. The molecular formula is C20H24Cl2Zr. The topological polar surface area (TPSA) is 0 Å². The number of halogens is 2. The second kappa shape index (κ2) is 7.42. The molecule has 1 aromatic rings. The van der Waals surface area contributed by atoms with Crippen LogP contribution in [0.3, 0.4) is 0 Å². The summed E-state index contributed by atoms with van der Waals surface area (Å²) in [6, 6.07) is 8.93. The molecule has 122 valence electrons. The van der Waals surface area contributed by atoms with Crippen LogP contribution >= 0.6 is 0 Å². The molecule has 0 saturated carbocycles. The third-order valence-corrected chi connectivity index (χ3v) is 11.0. The second-order valence-corrected chi connectivity index (χ2v) is 11.2. The van der Waals surface area contributed by atoms with Crippen LogP contribution in [-0.2, 0) is 23.2 Å². The fourth-order valence-electron chi connectivity index (χ4n) is 3.71. The summed E-state index contributed by atoms with van der Waals surface area (Å²) >= 11 is -0.694. The molecule has 0 aromatic heterocycles. The molecule has 3 rings (SSSR count). The number of benzene rings is 1. The predicted molar refractivity (Wildman–Crippen MR) is 87.9 cm³/mol. The minimum absolute atomic E-state index is 0. The van der Waals surface area contributed by atoms with E-state index in [-0.39, 0.29) is 24.8 Å². The molecule has 0 heterocycles. The van der Waals surface area contributed by atoms with Crippen LogP contribution in [-0.4, -0.2) is 0 Å². The normalized spacial score (nSPS) is 21.3. The molecule has 1 unspecified atom stereocenters. The molecule has 3 heteroatoms. The van der Waals surface area contributed by atoms with Crippen molar-refractivity contribution >= 4 is 6.08 Å². The van der Waals surface area contributed by atoms with Gasteiger partial charge in [-0.05, 0) is 0 Å². The number of rotatable bonds is 2. The minimum atomic E-state index is -0.694. The Kier molecular flexibility index (Phi) is 6.76. The summed E-state index contributed by atoms with van der Waals surface area (Å²) in [4.78, 5) is 0. The summed E-state index contributed by atoms with van der Waals surface area (Å²) in [5, 5.41) is 0. The zero-order valence-electron chi connectivity index (χ0n) is 14.7. The molecule has 0 N–H and O–H groups in total. The van der Waals surface area contributed by atoms with E-state index in [0.29, 0.717) is 9.04 Å². The van der Waals surface area contributed by atoms with E-state index in [1.165, 1.54) is 11.1 Å². The zero-order valence-corrected chi connectivity index (χ0v) is 18.7. The summed E-state index contributed by atoms with van der Waals surface area (Å²) in [6.45, 7) is 14.2. The molecule has 1 atom stereocenters. The van der Waals surface area contributed by atoms with Crippen molar-refractivity contribution in [2.75, 3.05) is 0 Å². The van der Waals surface area contributed by atoms with Gasteiger partial charge in [0.05, 0.1) is 0 Å². The monoisotopic (exact) mass is 424 g/mol. The Balaban J connectivity index is 0.00000132. The fraction of sp³-hybridized carbons (Fsp3) is 0.400. The standard InChI is InChI=1S/C10H9.C10H15.2ClH.Zr/c1-8-6-7-9-4-2-3-5-10(8)9;1-6-7(2)9(4)10(5)8(6)3;;;/h2-5,7-8H,1H3;1-5H3;2*1H;/q;;;;+2/p-2. The van der Waals surface area contributed by atoms with E-state index < -0.39 is 23.2 Å². The van der Waals surface area contributed by atoms with Gasteiger partial charge in [-0.15, -0.1) is 0 Å². The molecular weight excluding hydrogens is 402 g/mol. The summed E-state index contributed by atoms with van der Waals surface area (Å²) in [7, 11) is 0. The zero-order chi connectivity index (χ0) is 15.4. The van der Waals surface area contributed by atoms with Crippen molar-refractivity contribution in [1.29, 1.82) is 0 Å². The molecule has 23 heavy (non-hydrogen) atoms. The van der Waals surface area contributed by atoms with Crippen molar-refractivity contribution in [3.63, 3.8) is 0 Å². The first-order chi connectivity index (χ1) is 9.86. The first-order valence-electron chi connectivity index (χ1n) is 7.81. The van der Waals surface area contributed by atoms with Crippen LogP contribution < -0.4 is 24.8 Å². The molecule has 0 radical (unpaired) electrons. The van der Waals surface area contributed by atoms with Gasteiger partial charge in [-0.1, -0.05) is 0 Å². The van der Waals surface area contributed by atoms with Crippen molar-refractivity contribution in [2.24, 2.45) is 0 Å². The first kappa shape index (κ1) is 20.9. The van der Waals surface area contributed by atoms with Crippen LogP contribution in [0.25, 0.3) is 6.08 Å². The van der Waals surface area contributed by atoms with Crippen molar-refractivity contribution in [3.05, 3.63) is 61.0 Å². The number of hydrogen-bond acceptors (Lipinski definition) is 0. The minimum Gasteiger partial charge on any atom is -1.00 e. The van der Waals surface area contributed by atoms with Gasteiger partial charge in [-0.2, -0.15) is 0 Å². The molecule has 1 aromatic carbocycles. The maximum absolute atomic E-state index is 2.50. The average molecular weight is 427 g/mol. The van der Waals surface area contributed by atoms with E-state index in [1.54, 1.807) is 25.6 Å². The smallest absolute Gasteiger partial charge is 1.00 e. The molecule has 0 fully saturated rings. The van der Waals surface area contributed by atoms with E-state index in [4.69, 9.17) is 0 Å². The molecule has 0 spiro atoms. The SMILES string of the molecule is CC1=C(C)[C](C)([Zr+2][C]2=Cc3ccccc3C2C)C(C)=C1C.[Cl-].[Cl-]. The van der Waals surface area contributed by atoms with E-state index in [0.717, 1.165) is 0 Å². The van der Waals surface area contributed by atoms with Crippen LogP contribution in [0.1, 0.15) is 58.6 Å². The van der Waals surface area contributed by atoms with E-state index in [9.17, 15) is 0 Å². The molecule has 0 nitrogen and oxygen atoms in total. The van der Waals surface area contributed by atoms with E-state index in [2.05, 4.69) is 71.9 Å². The molecule has 0 bridgehead atoms. The Morgan fingerprint density at radius 1 is 0.913 bits per heavy atom. The summed E-state index contributed by atoms with van der Waals surface area (Å²) < 4.78 is 2.13. The van der Waals surface area contributed by atoms with Crippen LogP contribution in [0.4, 0.5) is 0 Å². The Labute approximate surface area is 164 Å². The van der Waals surface area contributed by atoms with Crippen molar-refractivity contribution < 1.29 is 48.0 Å². The summed E-state index contributed by atoms with van der Waals surface area (Å²) in [5.41, 5.74) is 9.34. The van der Waals surface area contributed by atoms with Crippen molar-refractivity contribution in [2.45, 2.75) is 50.6 Å². The molecule has 2 aliphatic rings. The molecule has 0 aliphatic heterocycles. The maximum Gasteiger partial charge on any atom is -1.00 e. The van der Waals surface area contributed by atoms with Crippen LogP contribution in [0.5, 0.6) is 0 Å². The van der Waals surface area contributed by atoms with Crippen molar-refractivity contribution in [3.8, 4) is 0 Å². The number of fused-ring (bicyclic) bond motifs is 1. The number of hydrogen-bond donors (Lipinski definition) is 0. The number of allylic oxidation sites excluding steroid dienone is 5. The third-order valence-electron chi connectivity index (χ3n) is 5.82. The van der Waals surface area contributed by atoms with Gasteiger partial charge in [0, 0.05) is 0 Å². The van der Waals surface area contributed by atoms with Gasteiger partial charge >= 0.3 is 141 Å². The van der Waals surface area contributed by atoms with Gasteiger partial charge in [0.25, 0.3) is 0 Å². The Morgan fingerprint density at radius 3 is 1.96 bits per heavy atom. The average Bonchev–Trinajstić information content (AvgIpc) is 2.86. The van der Waals surface area contributed by atoms with Crippen molar-refractivity contribution in [1.82, 2.24) is 0 Å². The predicted octanol–water partition coefficient (Wildman–Crippen LogP) is 0.100. The van der Waals surface area contributed by atoms with Gasteiger partial charge in [0.15, 0.2) is 0 Å². The van der Waals surface area contributed by atoms with E-state index in [1.807, 2.05) is 0 Å². The van der Waals surface area contributed by atoms with Gasteiger partial charge in [0.1, 0.15) is 0 Å². The third kappa shape index (κ3) is 3.22. The second-order valence-electron chi connectivity index (χ2n) is 6.70. The Hall–Kier alpha value is -0.0969. The Bertz CT molecular complexity index is 686. The van der Waals surface area contributed by atoms with Gasteiger partial charge in [-0.25, -0.2) is 0 Å². The van der Waals surface area contributed by atoms with Crippen LogP contribution in [0.2, 0.25) is 3.12 Å².